The maximum absolute atomic E-state index is 12.6. The summed E-state index contributed by atoms with van der Waals surface area (Å²) in [7, 11) is 0. The van der Waals surface area contributed by atoms with Crippen molar-refractivity contribution in [2.75, 3.05) is 6.54 Å². The van der Waals surface area contributed by atoms with E-state index in [0.29, 0.717) is 6.54 Å². The van der Waals surface area contributed by atoms with Crippen molar-refractivity contribution in [3.8, 4) is 0 Å². The first-order chi connectivity index (χ1) is 6.53. The van der Waals surface area contributed by atoms with Crippen molar-refractivity contribution in [2.24, 2.45) is 5.73 Å². The summed E-state index contributed by atoms with van der Waals surface area (Å²) in [5.74, 6) is -0.189. The van der Waals surface area contributed by atoms with Crippen molar-refractivity contribution in [2.45, 2.75) is 29.9 Å². The molecule has 3 heteroatoms. The Morgan fingerprint density at radius 3 is 2.36 bits per heavy atom. The maximum atomic E-state index is 12.6. The molecule has 1 aromatic rings. The monoisotopic (exact) mass is 213 g/mol. The number of hydrogen-bond donors (Lipinski definition) is 1. The minimum atomic E-state index is -0.189. The fraction of sp³-hybridized carbons (Fsp3) is 0.455. The van der Waals surface area contributed by atoms with Gasteiger partial charge in [0, 0.05) is 9.64 Å². The Balaban J connectivity index is 2.64. The lowest BCUT2D eigenvalue weighted by Crippen LogP contribution is -2.19. The molecule has 1 nitrogen and oxygen atoms in total. The van der Waals surface area contributed by atoms with E-state index in [2.05, 4.69) is 13.8 Å². The summed E-state index contributed by atoms with van der Waals surface area (Å²) < 4.78 is 12.8. The van der Waals surface area contributed by atoms with Gasteiger partial charge in [-0.25, -0.2) is 4.39 Å². The second-order valence-corrected chi connectivity index (χ2v) is 5.64. The van der Waals surface area contributed by atoms with E-state index in [0.717, 1.165) is 11.3 Å². The van der Waals surface area contributed by atoms with Crippen LogP contribution in [-0.4, -0.2) is 11.3 Å². The smallest absolute Gasteiger partial charge is 0.123 e. The second-order valence-electron chi connectivity index (χ2n) is 3.85. The highest BCUT2D eigenvalue weighted by atomic mass is 32.2. The van der Waals surface area contributed by atoms with Crippen molar-refractivity contribution in [3.05, 3.63) is 30.1 Å². The predicted molar refractivity (Wildman–Crippen MR) is 60.0 cm³/mol. The van der Waals surface area contributed by atoms with Gasteiger partial charge in [0.15, 0.2) is 0 Å². The fourth-order valence-corrected chi connectivity index (χ4v) is 2.35. The summed E-state index contributed by atoms with van der Waals surface area (Å²) in [5.41, 5.74) is 5.52. The number of nitrogens with two attached hydrogens (primary N) is 1. The minimum absolute atomic E-state index is 0.118. The SMILES string of the molecule is CC(C)(CCN)Sc1ccc(F)cc1. The van der Waals surface area contributed by atoms with Crippen LogP contribution in [0.4, 0.5) is 4.39 Å². The first-order valence-electron chi connectivity index (χ1n) is 4.68. The molecule has 0 unspecified atom stereocenters. The Hall–Kier alpha value is -0.540. The van der Waals surface area contributed by atoms with Gasteiger partial charge in [-0.05, 0) is 37.2 Å². The molecule has 1 aromatic carbocycles. The van der Waals surface area contributed by atoms with Gasteiger partial charge in [-0.2, -0.15) is 0 Å². The molecule has 0 radical (unpaired) electrons. The molecule has 0 fully saturated rings. The van der Waals surface area contributed by atoms with E-state index in [9.17, 15) is 4.39 Å². The summed E-state index contributed by atoms with van der Waals surface area (Å²) in [6.07, 6.45) is 0.953. The lowest BCUT2D eigenvalue weighted by Gasteiger charge is -2.23. The first kappa shape index (κ1) is 11.5. The third kappa shape index (κ3) is 3.68. The fourth-order valence-electron chi connectivity index (χ4n) is 1.22. The van der Waals surface area contributed by atoms with Crippen LogP contribution in [0.2, 0.25) is 0 Å². The molecule has 1 rings (SSSR count). The number of rotatable bonds is 4. The van der Waals surface area contributed by atoms with E-state index in [1.165, 1.54) is 12.1 Å². The third-order valence-corrected chi connectivity index (χ3v) is 3.22. The van der Waals surface area contributed by atoms with Crippen LogP contribution in [0, 0.1) is 5.82 Å². The third-order valence-electron chi connectivity index (χ3n) is 1.95. The van der Waals surface area contributed by atoms with Gasteiger partial charge in [0.05, 0.1) is 0 Å². The van der Waals surface area contributed by atoms with Gasteiger partial charge in [0.2, 0.25) is 0 Å². The van der Waals surface area contributed by atoms with Crippen LogP contribution >= 0.6 is 11.8 Å². The normalized spacial score (nSPS) is 11.7. The van der Waals surface area contributed by atoms with Crippen molar-refractivity contribution < 1.29 is 4.39 Å². The van der Waals surface area contributed by atoms with Crippen LogP contribution < -0.4 is 5.73 Å². The standard InChI is InChI=1S/C11H16FNS/c1-11(2,7-8-13)14-10-5-3-9(12)4-6-10/h3-6H,7-8,13H2,1-2H3. The molecule has 0 spiro atoms. The molecule has 0 aliphatic carbocycles. The highest BCUT2D eigenvalue weighted by Crippen LogP contribution is 2.34. The topological polar surface area (TPSA) is 26.0 Å². The first-order valence-corrected chi connectivity index (χ1v) is 5.50. The lowest BCUT2D eigenvalue weighted by molar-refractivity contribution is 0.625. The van der Waals surface area contributed by atoms with Crippen LogP contribution in [0.3, 0.4) is 0 Å². The molecular weight excluding hydrogens is 197 g/mol. The predicted octanol–water partition coefficient (Wildman–Crippen LogP) is 3.05. The largest absolute Gasteiger partial charge is 0.330 e. The van der Waals surface area contributed by atoms with Gasteiger partial charge >= 0.3 is 0 Å². The molecule has 2 N–H and O–H groups in total. The Labute approximate surface area is 88.9 Å². The molecule has 0 bridgehead atoms. The summed E-state index contributed by atoms with van der Waals surface area (Å²) in [6.45, 7) is 4.98. The van der Waals surface area contributed by atoms with Crippen LogP contribution in [0.25, 0.3) is 0 Å². The van der Waals surface area contributed by atoms with E-state index in [1.807, 2.05) is 0 Å². The van der Waals surface area contributed by atoms with Crippen LogP contribution in [-0.2, 0) is 0 Å². The number of hydrogen-bond acceptors (Lipinski definition) is 2. The average molecular weight is 213 g/mol. The van der Waals surface area contributed by atoms with E-state index >= 15 is 0 Å². The second kappa shape index (κ2) is 4.80. The zero-order valence-electron chi connectivity index (χ0n) is 8.59. The van der Waals surface area contributed by atoms with E-state index in [1.54, 1.807) is 23.9 Å². The molecule has 0 saturated heterocycles. The van der Waals surface area contributed by atoms with Gasteiger partial charge < -0.3 is 5.73 Å². The van der Waals surface area contributed by atoms with Gasteiger partial charge in [0.1, 0.15) is 5.82 Å². The van der Waals surface area contributed by atoms with Crippen molar-refractivity contribution >= 4 is 11.8 Å². The zero-order chi connectivity index (χ0) is 10.6. The number of thioether (sulfide) groups is 1. The summed E-state index contributed by atoms with van der Waals surface area (Å²) in [6, 6.07) is 6.58. The molecule has 0 atom stereocenters. The summed E-state index contributed by atoms with van der Waals surface area (Å²) >= 11 is 1.73. The van der Waals surface area contributed by atoms with E-state index in [-0.39, 0.29) is 10.6 Å². The molecule has 0 aliphatic rings. The molecule has 0 aliphatic heterocycles. The quantitative estimate of drug-likeness (QED) is 0.778. The van der Waals surface area contributed by atoms with Gasteiger partial charge in [-0.1, -0.05) is 13.8 Å². The highest BCUT2D eigenvalue weighted by Gasteiger charge is 2.17. The van der Waals surface area contributed by atoms with Gasteiger partial charge in [-0.15, -0.1) is 11.8 Å². The van der Waals surface area contributed by atoms with Crippen molar-refractivity contribution in [1.82, 2.24) is 0 Å². The molecule has 0 aromatic heterocycles. The Morgan fingerprint density at radius 1 is 1.29 bits per heavy atom. The van der Waals surface area contributed by atoms with E-state index < -0.39 is 0 Å². The summed E-state index contributed by atoms with van der Waals surface area (Å²) in [5, 5.41) is 0. The van der Waals surface area contributed by atoms with Crippen LogP contribution in [0.15, 0.2) is 29.2 Å². The summed E-state index contributed by atoms with van der Waals surface area (Å²) in [4.78, 5) is 1.09. The molecule has 0 heterocycles. The Morgan fingerprint density at radius 2 is 1.86 bits per heavy atom. The van der Waals surface area contributed by atoms with E-state index in [4.69, 9.17) is 5.73 Å². The molecular formula is C11H16FNS. The zero-order valence-corrected chi connectivity index (χ0v) is 9.40. The van der Waals surface area contributed by atoms with Crippen LogP contribution in [0.1, 0.15) is 20.3 Å². The molecule has 14 heavy (non-hydrogen) atoms. The Kier molecular flexibility index (Phi) is 3.96. The Bertz CT molecular complexity index is 282. The average Bonchev–Trinajstić information content (AvgIpc) is 2.08. The van der Waals surface area contributed by atoms with Gasteiger partial charge in [-0.3, -0.25) is 0 Å². The minimum Gasteiger partial charge on any atom is -0.330 e. The molecule has 0 saturated carbocycles. The van der Waals surface area contributed by atoms with Crippen molar-refractivity contribution in [1.29, 1.82) is 0 Å². The molecule has 0 amide bonds. The van der Waals surface area contributed by atoms with Crippen LogP contribution in [0.5, 0.6) is 0 Å². The maximum Gasteiger partial charge on any atom is 0.123 e. The van der Waals surface area contributed by atoms with Gasteiger partial charge in [0.25, 0.3) is 0 Å². The molecule has 78 valence electrons. The number of benzene rings is 1. The lowest BCUT2D eigenvalue weighted by atomic mass is 10.1. The van der Waals surface area contributed by atoms with Crippen molar-refractivity contribution in [3.63, 3.8) is 0 Å². The highest BCUT2D eigenvalue weighted by molar-refractivity contribution is 8.00. The number of halogens is 1.